The van der Waals surface area contributed by atoms with E-state index >= 15 is 0 Å². The summed E-state index contributed by atoms with van der Waals surface area (Å²) >= 11 is 0. The summed E-state index contributed by atoms with van der Waals surface area (Å²) in [6.45, 7) is 0. The van der Waals surface area contributed by atoms with Gasteiger partial charge in [0.1, 0.15) is 0 Å². The molecule has 0 saturated carbocycles. The van der Waals surface area contributed by atoms with Gasteiger partial charge in [-0.1, -0.05) is 115 Å². The van der Waals surface area contributed by atoms with Crippen LogP contribution in [-0.4, -0.2) is 40.7 Å². The van der Waals surface area contributed by atoms with Gasteiger partial charge >= 0.3 is 0 Å². The van der Waals surface area contributed by atoms with E-state index in [1.165, 1.54) is 0 Å². The summed E-state index contributed by atoms with van der Waals surface area (Å²) in [4.78, 5) is 10.7. The summed E-state index contributed by atoms with van der Waals surface area (Å²) in [5.74, 6) is 1.52. The summed E-state index contributed by atoms with van der Waals surface area (Å²) in [7, 11) is 0. The predicted octanol–water partition coefficient (Wildman–Crippen LogP) is 12.8. The molecule has 0 unspecified atom stereocenters. The lowest BCUT2D eigenvalue weighted by Crippen LogP contribution is -2.05. The van der Waals surface area contributed by atoms with Crippen LogP contribution in [0.15, 0.2) is 209 Å². The second kappa shape index (κ2) is 14.4. The van der Waals surface area contributed by atoms with Crippen LogP contribution < -0.4 is 0 Å². The van der Waals surface area contributed by atoms with E-state index in [0.29, 0.717) is 24.2 Å². The van der Waals surface area contributed by atoms with Crippen molar-refractivity contribution in [3.05, 3.63) is 205 Å². The third kappa shape index (κ3) is 5.79. The largest absolute Gasteiger partial charge is 0.416 e. The second-order valence-corrected chi connectivity index (χ2v) is 16.0. The Morgan fingerprint density at radius 1 is 0.375 bits per heavy atom. The van der Waals surface area contributed by atoms with Crippen LogP contribution in [0.1, 0.15) is 17.5 Å². The summed E-state index contributed by atoms with van der Waals surface area (Å²) in [5, 5.41) is 23.4. The highest BCUT2D eigenvalue weighted by Crippen LogP contribution is 2.39. The average molecular weight is 823 g/mol. The Bertz CT molecular complexity index is 3860. The van der Waals surface area contributed by atoms with Crippen LogP contribution in [-0.2, 0) is 0 Å². The maximum atomic E-state index is 6.19. The second-order valence-electron chi connectivity index (χ2n) is 16.0. The van der Waals surface area contributed by atoms with Crippen molar-refractivity contribution in [3.8, 4) is 45.8 Å². The zero-order chi connectivity index (χ0) is 42.1. The van der Waals surface area contributed by atoms with Crippen molar-refractivity contribution in [1.29, 1.82) is 0 Å². The minimum atomic E-state index is 0.458. The number of hydrogen-bond donors (Lipinski definition) is 0. The van der Waals surface area contributed by atoms with Crippen LogP contribution in [0.5, 0.6) is 0 Å². The molecule has 0 atom stereocenters. The molecule has 9 heteroatoms. The third-order valence-corrected chi connectivity index (χ3v) is 12.3. The van der Waals surface area contributed by atoms with Gasteiger partial charge in [-0.25, -0.2) is 9.97 Å². The molecule has 64 heavy (non-hydrogen) atoms. The van der Waals surface area contributed by atoms with E-state index in [4.69, 9.17) is 19.5 Å². The molecule has 0 N–H and O–H groups in total. The Morgan fingerprint density at radius 2 is 0.891 bits per heavy atom. The zero-order valence-corrected chi connectivity index (χ0v) is 34.2. The Hall–Kier alpha value is -8.82. The quantitative estimate of drug-likeness (QED) is 0.159. The van der Waals surface area contributed by atoms with Gasteiger partial charge in [0, 0.05) is 55.7 Å². The van der Waals surface area contributed by atoms with E-state index in [1.807, 2.05) is 60.7 Å². The summed E-state index contributed by atoms with van der Waals surface area (Å²) in [6, 6.07) is 66.9. The minimum absolute atomic E-state index is 0.458. The number of para-hydroxylation sites is 3. The highest BCUT2D eigenvalue weighted by Gasteiger charge is 2.22. The van der Waals surface area contributed by atoms with Crippen LogP contribution in [0.25, 0.3) is 100 Å². The van der Waals surface area contributed by atoms with Crippen molar-refractivity contribution in [1.82, 2.24) is 29.3 Å². The van der Waals surface area contributed by atoms with E-state index in [1.54, 1.807) is 0 Å². The van der Waals surface area contributed by atoms with Crippen molar-refractivity contribution in [2.24, 2.45) is 10.2 Å². The first kappa shape index (κ1) is 35.9. The fraction of sp³-hybridized carbons (Fsp3) is 0.0182. The van der Waals surface area contributed by atoms with Crippen LogP contribution >= 0.6 is 0 Å². The molecule has 300 valence electrons. The van der Waals surface area contributed by atoms with Gasteiger partial charge in [0.15, 0.2) is 0 Å². The fourth-order valence-electron chi connectivity index (χ4n) is 9.25. The first-order valence-electron chi connectivity index (χ1n) is 21.2. The Kier molecular flexibility index (Phi) is 8.07. The van der Waals surface area contributed by atoms with Gasteiger partial charge in [0.05, 0.1) is 44.7 Å². The molecule has 0 radical (unpaired) electrons. The number of nitrogens with zero attached hydrogens (tertiary/aromatic N) is 8. The summed E-state index contributed by atoms with van der Waals surface area (Å²) < 4.78 is 10.7. The Morgan fingerprint density at radius 3 is 1.64 bits per heavy atom. The summed E-state index contributed by atoms with van der Waals surface area (Å²) in [6.07, 6.45) is 0.671. The van der Waals surface area contributed by atoms with Crippen LogP contribution in [0, 0.1) is 0 Å². The number of rotatable bonds is 7. The molecule has 1 aliphatic rings. The minimum Gasteiger partial charge on any atom is -0.416 e. The molecule has 0 saturated heterocycles. The van der Waals surface area contributed by atoms with Gasteiger partial charge < -0.3 is 8.98 Å². The third-order valence-electron chi connectivity index (χ3n) is 12.3. The van der Waals surface area contributed by atoms with Gasteiger partial charge in [0.2, 0.25) is 17.7 Å². The van der Waals surface area contributed by atoms with E-state index in [0.717, 1.165) is 105 Å². The van der Waals surface area contributed by atoms with E-state index in [-0.39, 0.29) is 0 Å². The van der Waals surface area contributed by atoms with Gasteiger partial charge in [-0.05, 0) is 90.0 Å². The number of aromatic nitrogens is 6. The predicted molar refractivity (Wildman–Crippen MR) is 257 cm³/mol. The topological polar surface area (TPSA) is 99.3 Å². The highest BCUT2D eigenvalue weighted by atomic mass is 16.4. The molecule has 8 aromatic carbocycles. The van der Waals surface area contributed by atoms with Crippen molar-refractivity contribution < 1.29 is 4.42 Å². The lowest BCUT2D eigenvalue weighted by molar-refractivity contribution is 0.584. The SMILES string of the molecule is c1ccc(C2=NN=C(c3ccc4c(c3)c3cc(-c5nc(-n6c7ccccc7c7cc(-c8nnc(-c9ccccc9)o8)ccc76)nc6ccccc56)ccc3n4-c3ccccc3)C2)cc1. The Balaban J connectivity index is 0.967. The van der Waals surface area contributed by atoms with Crippen LogP contribution in [0.2, 0.25) is 0 Å². The normalized spacial score (nSPS) is 12.8. The van der Waals surface area contributed by atoms with Gasteiger partial charge in [-0.2, -0.15) is 10.2 Å². The van der Waals surface area contributed by atoms with Crippen LogP contribution in [0.4, 0.5) is 0 Å². The molecule has 0 bridgehead atoms. The smallest absolute Gasteiger partial charge is 0.248 e. The van der Waals surface area contributed by atoms with Gasteiger partial charge in [-0.15, -0.1) is 10.2 Å². The lowest BCUT2D eigenvalue weighted by atomic mass is 9.99. The van der Waals surface area contributed by atoms with E-state index < -0.39 is 0 Å². The maximum Gasteiger partial charge on any atom is 0.248 e. The first-order valence-corrected chi connectivity index (χ1v) is 21.2. The molecule has 4 aromatic heterocycles. The zero-order valence-electron chi connectivity index (χ0n) is 34.2. The fourth-order valence-corrected chi connectivity index (χ4v) is 9.25. The monoisotopic (exact) mass is 822 g/mol. The molecule has 1 aliphatic heterocycles. The molecule has 0 fully saturated rings. The van der Waals surface area contributed by atoms with Crippen molar-refractivity contribution in [3.63, 3.8) is 0 Å². The van der Waals surface area contributed by atoms with Crippen molar-refractivity contribution in [2.75, 3.05) is 0 Å². The molecule has 13 rings (SSSR count). The maximum absolute atomic E-state index is 6.19. The standard InChI is InChI=1S/C55H34N8O/c1-4-14-34(15-5-1)46-33-47(59-58-46)36-24-27-49-43(30-36)44-31-37(25-28-50(44)62(49)39-18-8-3-9-19-39)52-41-21-10-12-22-45(41)56-55(57-52)63-48-23-13-11-20-40(48)42-32-38(26-29-51(42)63)54-61-60-53(64-54)35-16-6-2-7-17-35/h1-32H,33H2. The van der Waals surface area contributed by atoms with Gasteiger partial charge in [-0.3, -0.25) is 4.57 Å². The molecular formula is C55H34N8O. The van der Waals surface area contributed by atoms with Gasteiger partial charge in [0.25, 0.3) is 0 Å². The highest BCUT2D eigenvalue weighted by molar-refractivity contribution is 6.22. The molecule has 9 nitrogen and oxygen atoms in total. The van der Waals surface area contributed by atoms with Crippen molar-refractivity contribution in [2.45, 2.75) is 6.42 Å². The van der Waals surface area contributed by atoms with E-state index in [2.05, 4.69) is 158 Å². The Labute approximate surface area is 366 Å². The summed E-state index contributed by atoms with van der Waals surface area (Å²) in [5.41, 5.74) is 13.8. The lowest BCUT2D eigenvalue weighted by Gasteiger charge is -2.12. The first-order chi connectivity index (χ1) is 31.7. The van der Waals surface area contributed by atoms with Crippen LogP contribution in [0.3, 0.4) is 0 Å². The van der Waals surface area contributed by atoms with E-state index in [9.17, 15) is 0 Å². The van der Waals surface area contributed by atoms with Crippen molar-refractivity contribution >= 4 is 65.9 Å². The number of fused-ring (bicyclic) bond motifs is 7. The molecular weight excluding hydrogens is 789 g/mol. The number of hydrogen-bond acceptors (Lipinski definition) is 7. The molecule has 12 aromatic rings. The molecule has 5 heterocycles. The number of benzene rings is 8. The molecule has 0 amide bonds. The average Bonchev–Trinajstić information content (AvgIpc) is 4.18. The molecule has 0 spiro atoms. The molecule has 0 aliphatic carbocycles.